The molecule has 0 saturated heterocycles. The number of nitrogens with zero attached hydrogens (tertiary/aromatic N) is 2. The first-order valence-electron chi connectivity index (χ1n) is 12.9. The highest BCUT2D eigenvalue weighted by molar-refractivity contribution is 7.92. The second-order valence-electron chi connectivity index (χ2n) is 9.72. The Bertz CT molecular complexity index is 1450. The molecule has 1 N–H and O–H groups in total. The van der Waals surface area contributed by atoms with Crippen LogP contribution < -0.4 is 9.62 Å². The van der Waals surface area contributed by atoms with Gasteiger partial charge in [0.2, 0.25) is 11.8 Å². The van der Waals surface area contributed by atoms with Crippen LogP contribution in [0.1, 0.15) is 38.2 Å². The number of nitrogens with one attached hydrogen (secondary N) is 1. The van der Waals surface area contributed by atoms with E-state index in [2.05, 4.69) is 5.32 Å². The molecule has 4 rings (SSSR count). The lowest BCUT2D eigenvalue weighted by molar-refractivity contribution is -0.139. The van der Waals surface area contributed by atoms with E-state index in [0.717, 1.165) is 30.0 Å². The van der Waals surface area contributed by atoms with E-state index in [1.54, 1.807) is 55.5 Å². The third kappa shape index (κ3) is 7.29. The third-order valence-electron chi connectivity index (χ3n) is 6.95. The molecule has 0 radical (unpaired) electrons. The molecule has 40 heavy (non-hydrogen) atoms. The van der Waals surface area contributed by atoms with Gasteiger partial charge in [-0.3, -0.25) is 13.9 Å². The molecule has 3 aromatic carbocycles. The van der Waals surface area contributed by atoms with Gasteiger partial charge in [0.1, 0.15) is 12.6 Å². The van der Waals surface area contributed by atoms with Crippen LogP contribution >= 0.6 is 34.8 Å². The standard InChI is InChI=1S/C29H30Cl3N3O4S/c1-20(29(37)33-24-7-5-6-8-24)34(18-21-11-12-23(31)17-27(21)32)28(36)19-35(25-15-13-22(30)14-16-25)40(38,39)26-9-3-2-4-10-26/h2-4,9-17,20,24H,5-8,18-19H2,1H3,(H,33,37). The van der Waals surface area contributed by atoms with Gasteiger partial charge in [-0.05, 0) is 73.9 Å². The monoisotopic (exact) mass is 621 g/mol. The SMILES string of the molecule is CC(C(=O)NC1CCCC1)N(Cc1ccc(Cl)cc1Cl)C(=O)CN(c1ccc(Cl)cc1)S(=O)(=O)c1ccccc1. The fourth-order valence-corrected chi connectivity index (χ4v) is 6.69. The van der Waals surface area contributed by atoms with Crippen molar-refractivity contribution in [2.75, 3.05) is 10.8 Å². The summed E-state index contributed by atoms with van der Waals surface area (Å²) in [5.41, 5.74) is 0.832. The Labute approximate surface area is 250 Å². The number of carbonyl (C=O) groups excluding carboxylic acids is 2. The Kier molecular flexibility index (Phi) is 10.0. The molecule has 11 heteroatoms. The predicted octanol–water partition coefficient (Wildman–Crippen LogP) is 6.32. The molecule has 1 fully saturated rings. The number of amides is 2. The summed E-state index contributed by atoms with van der Waals surface area (Å²) in [4.78, 5) is 28.6. The molecular weight excluding hydrogens is 593 g/mol. The van der Waals surface area contributed by atoms with Crippen molar-refractivity contribution in [1.82, 2.24) is 10.2 Å². The van der Waals surface area contributed by atoms with E-state index < -0.39 is 28.5 Å². The van der Waals surface area contributed by atoms with Crippen molar-refractivity contribution in [3.05, 3.63) is 93.4 Å². The Balaban J connectivity index is 1.69. The topological polar surface area (TPSA) is 86.8 Å². The van der Waals surface area contributed by atoms with Crippen LogP contribution in [0.4, 0.5) is 5.69 Å². The van der Waals surface area contributed by atoms with Crippen LogP contribution in [-0.2, 0) is 26.2 Å². The van der Waals surface area contributed by atoms with Crippen LogP contribution in [0, 0.1) is 0 Å². The lowest BCUT2D eigenvalue weighted by Crippen LogP contribution is -2.52. The zero-order valence-corrected chi connectivity index (χ0v) is 25.0. The molecule has 1 aliphatic rings. The third-order valence-corrected chi connectivity index (χ3v) is 9.58. The minimum absolute atomic E-state index is 0.0199. The van der Waals surface area contributed by atoms with E-state index in [-0.39, 0.29) is 29.1 Å². The fraction of sp³-hybridized carbons (Fsp3) is 0.310. The van der Waals surface area contributed by atoms with E-state index in [9.17, 15) is 18.0 Å². The van der Waals surface area contributed by atoms with Crippen LogP contribution in [0.25, 0.3) is 0 Å². The summed E-state index contributed by atoms with van der Waals surface area (Å²) in [5.74, 6) is -0.885. The smallest absolute Gasteiger partial charge is 0.264 e. The first kappa shape index (κ1) is 30.2. The number of halogens is 3. The van der Waals surface area contributed by atoms with E-state index in [1.807, 2.05) is 0 Å². The van der Waals surface area contributed by atoms with Crippen molar-refractivity contribution in [2.24, 2.45) is 0 Å². The predicted molar refractivity (Wildman–Crippen MR) is 159 cm³/mol. The van der Waals surface area contributed by atoms with E-state index in [4.69, 9.17) is 34.8 Å². The minimum Gasteiger partial charge on any atom is -0.352 e. The number of carbonyl (C=O) groups is 2. The van der Waals surface area contributed by atoms with E-state index in [1.165, 1.54) is 29.2 Å². The van der Waals surface area contributed by atoms with Crippen molar-refractivity contribution in [3.63, 3.8) is 0 Å². The average Bonchev–Trinajstić information content (AvgIpc) is 3.45. The quantitative estimate of drug-likeness (QED) is 0.287. The van der Waals surface area contributed by atoms with Gasteiger partial charge >= 0.3 is 0 Å². The van der Waals surface area contributed by atoms with Crippen molar-refractivity contribution >= 4 is 62.3 Å². The number of sulfonamides is 1. The summed E-state index contributed by atoms with van der Waals surface area (Å²) < 4.78 is 28.6. The molecule has 0 heterocycles. The summed E-state index contributed by atoms with van der Waals surface area (Å²) in [7, 11) is -4.15. The summed E-state index contributed by atoms with van der Waals surface area (Å²) in [5, 5.41) is 4.22. The van der Waals surface area contributed by atoms with Crippen molar-refractivity contribution in [2.45, 2.75) is 56.1 Å². The largest absolute Gasteiger partial charge is 0.352 e. The van der Waals surface area contributed by atoms with Gasteiger partial charge in [-0.15, -0.1) is 0 Å². The van der Waals surface area contributed by atoms with Crippen molar-refractivity contribution in [1.29, 1.82) is 0 Å². The van der Waals surface area contributed by atoms with Crippen LogP contribution in [-0.4, -0.2) is 43.8 Å². The molecule has 0 bridgehead atoms. The van der Waals surface area contributed by atoms with Gasteiger partial charge in [-0.1, -0.05) is 71.9 Å². The number of rotatable bonds is 10. The van der Waals surface area contributed by atoms with Gasteiger partial charge in [-0.2, -0.15) is 0 Å². The van der Waals surface area contributed by atoms with Gasteiger partial charge in [0.05, 0.1) is 10.6 Å². The summed E-state index contributed by atoms with van der Waals surface area (Å²) in [6.45, 7) is 1.06. The van der Waals surface area contributed by atoms with Gasteiger partial charge < -0.3 is 10.2 Å². The van der Waals surface area contributed by atoms with E-state index >= 15 is 0 Å². The summed E-state index contributed by atoms with van der Waals surface area (Å²) in [6, 6.07) is 18.1. The second-order valence-corrected chi connectivity index (χ2v) is 12.9. The maximum absolute atomic E-state index is 14.0. The number of benzene rings is 3. The molecule has 1 aliphatic carbocycles. The molecule has 7 nitrogen and oxygen atoms in total. The second kappa shape index (κ2) is 13.3. The molecule has 0 aromatic heterocycles. The molecule has 1 unspecified atom stereocenters. The summed E-state index contributed by atoms with van der Waals surface area (Å²) in [6.07, 6.45) is 3.84. The minimum atomic E-state index is -4.15. The normalized spacial score (nSPS) is 14.5. The molecule has 0 spiro atoms. The molecule has 2 amide bonds. The maximum atomic E-state index is 14.0. The Morgan fingerprint density at radius 2 is 1.55 bits per heavy atom. The molecule has 0 aliphatic heterocycles. The Hall–Kier alpha value is -2.78. The highest BCUT2D eigenvalue weighted by atomic mass is 35.5. The van der Waals surface area contributed by atoms with Crippen LogP contribution in [0.3, 0.4) is 0 Å². The lowest BCUT2D eigenvalue weighted by Gasteiger charge is -2.32. The van der Waals surface area contributed by atoms with Gasteiger partial charge in [0, 0.05) is 27.7 Å². The Morgan fingerprint density at radius 1 is 0.925 bits per heavy atom. The lowest BCUT2D eigenvalue weighted by atomic mass is 10.1. The first-order chi connectivity index (χ1) is 19.1. The summed E-state index contributed by atoms with van der Waals surface area (Å²) >= 11 is 18.6. The van der Waals surface area contributed by atoms with Crippen LogP contribution in [0.5, 0.6) is 0 Å². The van der Waals surface area contributed by atoms with Gasteiger partial charge in [-0.25, -0.2) is 8.42 Å². The molecule has 1 saturated carbocycles. The number of hydrogen-bond donors (Lipinski definition) is 1. The zero-order chi connectivity index (χ0) is 28.9. The zero-order valence-electron chi connectivity index (χ0n) is 21.9. The highest BCUT2D eigenvalue weighted by Crippen LogP contribution is 2.27. The Morgan fingerprint density at radius 3 is 2.17 bits per heavy atom. The molecule has 212 valence electrons. The van der Waals surface area contributed by atoms with Crippen LogP contribution in [0.2, 0.25) is 15.1 Å². The molecule has 1 atom stereocenters. The fourth-order valence-electron chi connectivity index (χ4n) is 4.66. The molecular formula is C29H30Cl3N3O4S. The maximum Gasteiger partial charge on any atom is 0.264 e. The van der Waals surface area contributed by atoms with E-state index in [0.29, 0.717) is 20.6 Å². The molecule has 3 aromatic rings. The van der Waals surface area contributed by atoms with Crippen LogP contribution in [0.15, 0.2) is 77.7 Å². The first-order valence-corrected chi connectivity index (χ1v) is 15.5. The number of anilines is 1. The number of hydrogen-bond acceptors (Lipinski definition) is 4. The van der Waals surface area contributed by atoms with Gasteiger partial charge in [0.25, 0.3) is 10.0 Å². The highest BCUT2D eigenvalue weighted by Gasteiger charge is 2.33. The van der Waals surface area contributed by atoms with Gasteiger partial charge in [0.15, 0.2) is 0 Å². The van der Waals surface area contributed by atoms with Crippen molar-refractivity contribution in [3.8, 4) is 0 Å². The average molecular weight is 623 g/mol. The van der Waals surface area contributed by atoms with Crippen molar-refractivity contribution < 1.29 is 18.0 Å².